The smallest absolute Gasteiger partial charge is 0.233 e. The number of likely N-dealkylation sites (tertiary alicyclic amines) is 1. The molecule has 5 nitrogen and oxygen atoms in total. The van der Waals surface area contributed by atoms with Gasteiger partial charge in [-0.25, -0.2) is 0 Å². The number of hydrogen-bond acceptors (Lipinski definition) is 3. The maximum Gasteiger partial charge on any atom is 0.233 e. The summed E-state index contributed by atoms with van der Waals surface area (Å²) in [6, 6.07) is 5.32. The van der Waals surface area contributed by atoms with Crippen LogP contribution in [0, 0.1) is 30.6 Å². The number of hydrogen-bond donors (Lipinski definition) is 1. The molecule has 1 aliphatic heterocycles. The predicted molar refractivity (Wildman–Crippen MR) is 94.0 cm³/mol. The zero-order valence-electron chi connectivity index (χ0n) is 14.1. The van der Waals surface area contributed by atoms with Crippen molar-refractivity contribution >= 4 is 35.0 Å². The molecule has 1 aromatic rings. The second kappa shape index (κ2) is 6.13. The Labute approximate surface area is 151 Å². The lowest BCUT2D eigenvalue weighted by Crippen LogP contribution is -2.35. The minimum Gasteiger partial charge on any atom is -0.326 e. The van der Waals surface area contributed by atoms with E-state index in [9.17, 15) is 14.4 Å². The topological polar surface area (TPSA) is 66.5 Å². The van der Waals surface area contributed by atoms with Gasteiger partial charge in [0.2, 0.25) is 17.7 Å². The number of benzene rings is 1. The molecule has 2 bridgehead atoms. The third kappa shape index (κ3) is 2.65. The van der Waals surface area contributed by atoms with Gasteiger partial charge in [0, 0.05) is 23.7 Å². The van der Waals surface area contributed by atoms with Gasteiger partial charge in [-0.05, 0) is 55.7 Å². The van der Waals surface area contributed by atoms with Crippen LogP contribution in [-0.4, -0.2) is 29.2 Å². The molecule has 0 radical (unpaired) electrons. The maximum atomic E-state index is 12.6. The summed E-state index contributed by atoms with van der Waals surface area (Å²) in [4.78, 5) is 38.8. The molecule has 25 heavy (non-hydrogen) atoms. The van der Waals surface area contributed by atoms with Crippen LogP contribution >= 0.6 is 11.6 Å². The molecule has 3 fully saturated rings. The number of nitrogens with one attached hydrogen (secondary N) is 1. The number of amides is 3. The van der Waals surface area contributed by atoms with Crippen LogP contribution in [0.25, 0.3) is 0 Å². The molecule has 2 saturated carbocycles. The Balaban J connectivity index is 1.38. The summed E-state index contributed by atoms with van der Waals surface area (Å²) in [5.41, 5.74) is 1.46. The van der Waals surface area contributed by atoms with E-state index < -0.39 is 0 Å². The molecule has 4 unspecified atom stereocenters. The lowest BCUT2D eigenvalue weighted by molar-refractivity contribution is -0.140. The van der Waals surface area contributed by atoms with Crippen molar-refractivity contribution in [2.24, 2.45) is 23.7 Å². The Hall–Kier alpha value is -1.88. The highest BCUT2D eigenvalue weighted by atomic mass is 35.5. The predicted octanol–water partition coefficient (Wildman–Crippen LogP) is 3.01. The molecule has 1 saturated heterocycles. The first-order chi connectivity index (χ1) is 12.0. The summed E-state index contributed by atoms with van der Waals surface area (Å²) in [5.74, 6) is 0.168. The normalized spacial score (nSPS) is 30.1. The first kappa shape index (κ1) is 16.6. The van der Waals surface area contributed by atoms with Gasteiger partial charge in [0.25, 0.3) is 0 Å². The van der Waals surface area contributed by atoms with E-state index in [0.717, 1.165) is 24.8 Å². The molecule has 3 aliphatic rings. The highest BCUT2D eigenvalue weighted by Gasteiger charge is 2.60. The highest BCUT2D eigenvalue weighted by Crippen LogP contribution is 2.56. The Kier molecular flexibility index (Phi) is 4.07. The maximum absolute atomic E-state index is 12.6. The molecule has 4 rings (SSSR count). The highest BCUT2D eigenvalue weighted by molar-refractivity contribution is 6.31. The molecule has 0 aromatic heterocycles. The minimum absolute atomic E-state index is 0.0612. The summed E-state index contributed by atoms with van der Waals surface area (Å²) in [6.07, 6.45) is 3.26. The van der Waals surface area contributed by atoms with Crippen molar-refractivity contribution in [2.45, 2.75) is 32.6 Å². The molecular weight excluding hydrogens is 340 g/mol. The number of carbonyl (C=O) groups excluding carboxylic acids is 3. The van der Waals surface area contributed by atoms with Gasteiger partial charge in [0.1, 0.15) is 0 Å². The third-order valence-corrected chi connectivity index (χ3v) is 6.53. The van der Waals surface area contributed by atoms with Gasteiger partial charge in [0.15, 0.2) is 0 Å². The summed E-state index contributed by atoms with van der Waals surface area (Å²) in [5, 5.41) is 3.40. The summed E-state index contributed by atoms with van der Waals surface area (Å²) in [6.45, 7) is 2.00. The molecule has 1 N–H and O–H groups in total. The van der Waals surface area contributed by atoms with Gasteiger partial charge in [-0.3, -0.25) is 19.3 Å². The Morgan fingerprint density at radius 2 is 1.84 bits per heavy atom. The lowest BCUT2D eigenvalue weighted by atomic mass is 9.81. The Morgan fingerprint density at radius 1 is 1.20 bits per heavy atom. The standard InChI is InChI=1S/C19H21ClN2O3/c1-10-13(20)3-2-4-14(10)21-15(23)7-8-22-18(24)16-11-5-6-12(9-11)17(16)19(22)25/h2-4,11-12,16-17H,5-9H2,1H3,(H,21,23). The van der Waals surface area contributed by atoms with Gasteiger partial charge in [0.05, 0.1) is 11.8 Å². The number of imide groups is 1. The largest absolute Gasteiger partial charge is 0.326 e. The van der Waals surface area contributed by atoms with E-state index in [4.69, 9.17) is 11.6 Å². The SMILES string of the molecule is Cc1c(Cl)cccc1NC(=O)CCN1C(=O)C2C3CCC(C3)C2C1=O. The zero-order valence-corrected chi connectivity index (χ0v) is 14.9. The van der Waals surface area contributed by atoms with Crippen molar-refractivity contribution in [3.63, 3.8) is 0 Å². The van der Waals surface area contributed by atoms with Crippen LogP contribution in [0.1, 0.15) is 31.2 Å². The van der Waals surface area contributed by atoms with Crippen LogP contribution in [0.5, 0.6) is 0 Å². The Morgan fingerprint density at radius 3 is 2.48 bits per heavy atom. The Bertz CT molecular complexity index is 735. The van der Waals surface area contributed by atoms with Crippen molar-refractivity contribution in [3.8, 4) is 0 Å². The second-order valence-electron chi connectivity index (χ2n) is 7.42. The number of anilines is 1. The fourth-order valence-electron chi connectivity index (χ4n) is 4.86. The summed E-state index contributed by atoms with van der Waals surface area (Å²) < 4.78 is 0. The summed E-state index contributed by atoms with van der Waals surface area (Å²) in [7, 11) is 0. The van der Waals surface area contributed by atoms with E-state index in [1.165, 1.54) is 4.90 Å². The van der Waals surface area contributed by atoms with E-state index in [1.807, 2.05) is 6.92 Å². The number of halogens is 1. The first-order valence-electron chi connectivity index (χ1n) is 8.87. The lowest BCUT2D eigenvalue weighted by Gasteiger charge is -2.19. The van der Waals surface area contributed by atoms with Gasteiger partial charge in [-0.1, -0.05) is 17.7 Å². The third-order valence-electron chi connectivity index (χ3n) is 6.12. The van der Waals surface area contributed by atoms with Crippen molar-refractivity contribution < 1.29 is 14.4 Å². The van der Waals surface area contributed by atoms with Crippen molar-refractivity contribution in [1.82, 2.24) is 4.90 Å². The second-order valence-corrected chi connectivity index (χ2v) is 7.83. The molecule has 3 amide bonds. The van der Waals surface area contributed by atoms with E-state index in [-0.39, 0.29) is 42.5 Å². The van der Waals surface area contributed by atoms with E-state index >= 15 is 0 Å². The average molecular weight is 361 g/mol. The molecule has 2 aliphatic carbocycles. The quantitative estimate of drug-likeness (QED) is 0.839. The summed E-state index contributed by atoms with van der Waals surface area (Å²) >= 11 is 6.06. The van der Waals surface area contributed by atoms with Crippen LogP contribution < -0.4 is 5.32 Å². The molecule has 1 heterocycles. The van der Waals surface area contributed by atoms with Crippen LogP contribution in [0.4, 0.5) is 5.69 Å². The van der Waals surface area contributed by atoms with Gasteiger partial charge in [-0.15, -0.1) is 0 Å². The van der Waals surface area contributed by atoms with Crippen molar-refractivity contribution in [1.29, 1.82) is 0 Å². The van der Waals surface area contributed by atoms with E-state index in [0.29, 0.717) is 22.5 Å². The van der Waals surface area contributed by atoms with Crippen molar-refractivity contribution in [2.75, 3.05) is 11.9 Å². The number of carbonyl (C=O) groups is 3. The van der Waals surface area contributed by atoms with Crippen LogP contribution in [0.2, 0.25) is 5.02 Å². The first-order valence-corrected chi connectivity index (χ1v) is 9.25. The zero-order chi connectivity index (χ0) is 17.7. The minimum atomic E-state index is -0.217. The molecule has 132 valence electrons. The molecular formula is C19H21ClN2O3. The fourth-order valence-corrected chi connectivity index (χ4v) is 5.03. The number of nitrogens with zero attached hydrogens (tertiary/aromatic N) is 1. The number of fused-ring (bicyclic) bond motifs is 5. The number of rotatable bonds is 4. The van der Waals surface area contributed by atoms with Gasteiger partial charge >= 0.3 is 0 Å². The van der Waals surface area contributed by atoms with E-state index in [1.54, 1.807) is 18.2 Å². The van der Waals surface area contributed by atoms with Crippen molar-refractivity contribution in [3.05, 3.63) is 28.8 Å². The molecule has 4 atom stereocenters. The van der Waals surface area contributed by atoms with Gasteiger partial charge in [-0.2, -0.15) is 0 Å². The van der Waals surface area contributed by atoms with Crippen LogP contribution in [-0.2, 0) is 14.4 Å². The molecule has 1 aromatic carbocycles. The van der Waals surface area contributed by atoms with E-state index in [2.05, 4.69) is 5.32 Å². The van der Waals surface area contributed by atoms with Crippen LogP contribution in [0.3, 0.4) is 0 Å². The van der Waals surface area contributed by atoms with Crippen LogP contribution in [0.15, 0.2) is 18.2 Å². The average Bonchev–Trinajstić information content (AvgIpc) is 3.25. The molecule has 0 spiro atoms. The fraction of sp³-hybridized carbons (Fsp3) is 0.526. The monoisotopic (exact) mass is 360 g/mol. The molecule has 6 heteroatoms. The van der Waals surface area contributed by atoms with Gasteiger partial charge < -0.3 is 5.32 Å².